The minimum absolute atomic E-state index is 0.00676. The molecule has 55 heavy (non-hydrogen) atoms. The molecule has 0 saturated heterocycles. The standard InChI is InChI=1S/C40H45FN8O6/c1-4-30-39(53)47-33(20-27-22-44-31-10-6-5-9-28(27)31)38(52)43-16-8-18-49-24(2)45-32-13-11-25(21-34(32)49)37(51)42-15-7-17-48(23-36(50)46-30)40(54)26-12-14-35(55-3)29(41)19-26/h5-6,9-14,19,21-22,30,33,44H,4,7-8,15-18,20,23H2,1-3H3,(H,42,51)(H,43,52)(H,46,50)(H,47,53)/t30-,33+/m0/s1. The second-order valence-electron chi connectivity index (χ2n) is 13.5. The maximum Gasteiger partial charge on any atom is 0.254 e. The molecule has 6 rings (SSSR count). The third kappa shape index (κ3) is 8.94. The lowest BCUT2D eigenvalue weighted by Crippen LogP contribution is -2.55. The van der Waals surface area contributed by atoms with E-state index in [2.05, 4.69) is 31.2 Å². The quantitative estimate of drug-likeness (QED) is 0.183. The lowest BCUT2D eigenvalue weighted by Gasteiger charge is -2.25. The number of H-pyrrole nitrogens is 1. The first kappa shape index (κ1) is 38.5. The van der Waals surface area contributed by atoms with Crippen molar-refractivity contribution in [2.24, 2.45) is 0 Å². The van der Waals surface area contributed by atoms with E-state index in [1.165, 1.54) is 24.1 Å². The van der Waals surface area contributed by atoms with E-state index in [4.69, 9.17) is 4.74 Å². The number of methoxy groups -OCH3 is 1. The maximum atomic E-state index is 14.6. The molecule has 15 heteroatoms. The van der Waals surface area contributed by atoms with Crippen LogP contribution in [0.4, 0.5) is 4.39 Å². The van der Waals surface area contributed by atoms with E-state index in [0.29, 0.717) is 25.1 Å². The summed E-state index contributed by atoms with van der Waals surface area (Å²) in [4.78, 5) is 77.0. The lowest BCUT2D eigenvalue weighted by atomic mass is 10.0. The van der Waals surface area contributed by atoms with Crippen LogP contribution in [0.2, 0.25) is 0 Å². The first-order chi connectivity index (χ1) is 26.6. The largest absolute Gasteiger partial charge is 0.494 e. The molecule has 0 unspecified atom stereocenters. The summed E-state index contributed by atoms with van der Waals surface area (Å²) in [6, 6.07) is 14.7. The maximum absolute atomic E-state index is 14.6. The summed E-state index contributed by atoms with van der Waals surface area (Å²) in [5.41, 5.74) is 3.63. The first-order valence-corrected chi connectivity index (χ1v) is 18.4. The second kappa shape index (κ2) is 17.3. The Hall–Kier alpha value is -6.25. The number of fused-ring (bicyclic) bond motifs is 2. The normalized spacial score (nSPS) is 18.2. The molecule has 1 aliphatic heterocycles. The first-order valence-electron chi connectivity index (χ1n) is 18.4. The number of carbonyl (C=O) groups is 5. The number of benzene rings is 3. The van der Waals surface area contributed by atoms with Gasteiger partial charge >= 0.3 is 0 Å². The minimum Gasteiger partial charge on any atom is -0.494 e. The summed E-state index contributed by atoms with van der Waals surface area (Å²) < 4.78 is 21.6. The Morgan fingerprint density at radius 1 is 0.927 bits per heavy atom. The number of imidazole rings is 1. The lowest BCUT2D eigenvalue weighted by molar-refractivity contribution is -0.132. The zero-order valence-electron chi connectivity index (χ0n) is 31.0. The van der Waals surface area contributed by atoms with Gasteiger partial charge in [-0.3, -0.25) is 24.0 Å². The second-order valence-corrected chi connectivity index (χ2v) is 13.5. The fraction of sp³-hybridized carbons (Fsp3) is 0.350. The van der Waals surface area contributed by atoms with E-state index < -0.39 is 48.1 Å². The number of nitrogens with zero attached hydrogens (tertiary/aromatic N) is 3. The molecule has 3 aromatic carbocycles. The summed E-state index contributed by atoms with van der Waals surface area (Å²) >= 11 is 0. The zero-order valence-corrected chi connectivity index (χ0v) is 31.0. The summed E-state index contributed by atoms with van der Waals surface area (Å²) in [5.74, 6) is -2.57. The van der Waals surface area contributed by atoms with Crippen LogP contribution in [0.3, 0.4) is 0 Å². The topological polar surface area (TPSA) is 180 Å². The molecular formula is C40H45FN8O6. The third-order valence-corrected chi connectivity index (χ3v) is 9.76. The molecule has 1 aliphatic rings. The van der Waals surface area contributed by atoms with Crippen LogP contribution in [0.5, 0.6) is 5.75 Å². The average molecular weight is 753 g/mol. The van der Waals surface area contributed by atoms with Crippen LogP contribution >= 0.6 is 0 Å². The van der Waals surface area contributed by atoms with Gasteiger partial charge in [-0.1, -0.05) is 25.1 Å². The number of nitrogens with one attached hydrogen (secondary N) is 5. The number of hydrogen-bond donors (Lipinski definition) is 5. The van der Waals surface area contributed by atoms with Crippen molar-refractivity contribution < 1.29 is 33.1 Å². The van der Waals surface area contributed by atoms with Gasteiger partial charge in [0, 0.05) is 60.8 Å². The fourth-order valence-corrected chi connectivity index (χ4v) is 6.82. The Balaban J connectivity index is 1.28. The molecule has 14 nitrogen and oxygen atoms in total. The Morgan fingerprint density at radius 3 is 2.49 bits per heavy atom. The molecule has 0 fully saturated rings. The van der Waals surface area contributed by atoms with Gasteiger partial charge in [0.15, 0.2) is 11.6 Å². The number of rotatable bonds is 5. The third-order valence-electron chi connectivity index (χ3n) is 9.76. The molecular weight excluding hydrogens is 707 g/mol. The number of hydrogen-bond acceptors (Lipinski definition) is 7. The van der Waals surface area contributed by atoms with Gasteiger partial charge in [-0.25, -0.2) is 9.37 Å². The summed E-state index contributed by atoms with van der Waals surface area (Å²) in [5, 5.41) is 12.3. The number of aromatic amines is 1. The highest BCUT2D eigenvalue weighted by Gasteiger charge is 2.28. The van der Waals surface area contributed by atoms with Gasteiger partial charge in [0.25, 0.3) is 11.8 Å². The van der Waals surface area contributed by atoms with Gasteiger partial charge in [-0.05, 0) is 74.2 Å². The monoisotopic (exact) mass is 752 g/mol. The van der Waals surface area contributed by atoms with Gasteiger partial charge in [-0.2, -0.15) is 0 Å². The van der Waals surface area contributed by atoms with Crippen LogP contribution in [-0.2, 0) is 27.3 Å². The molecule has 5 aromatic rings. The summed E-state index contributed by atoms with van der Waals surface area (Å²) in [7, 11) is 1.31. The van der Waals surface area contributed by atoms with Crippen molar-refractivity contribution in [2.45, 2.75) is 58.2 Å². The van der Waals surface area contributed by atoms with E-state index in [0.717, 1.165) is 39.4 Å². The molecule has 3 heterocycles. The van der Waals surface area contributed by atoms with Gasteiger partial charge in [0.2, 0.25) is 17.7 Å². The molecule has 0 spiro atoms. The van der Waals surface area contributed by atoms with E-state index in [-0.39, 0.29) is 49.6 Å². The van der Waals surface area contributed by atoms with Crippen molar-refractivity contribution in [1.29, 1.82) is 0 Å². The van der Waals surface area contributed by atoms with Crippen LogP contribution in [-0.4, -0.2) is 94.3 Å². The number of carbonyl (C=O) groups excluding carboxylic acids is 5. The molecule has 5 amide bonds. The van der Waals surface area contributed by atoms with Crippen molar-refractivity contribution in [3.8, 4) is 5.75 Å². The summed E-state index contributed by atoms with van der Waals surface area (Å²) in [6.07, 6.45) is 3.01. The van der Waals surface area contributed by atoms with Crippen molar-refractivity contribution in [3.05, 3.63) is 95.2 Å². The molecule has 5 N–H and O–H groups in total. The number of halogens is 1. The molecule has 0 radical (unpaired) electrons. The van der Waals surface area contributed by atoms with E-state index >= 15 is 0 Å². The minimum atomic E-state index is -1.03. The van der Waals surface area contributed by atoms with Gasteiger partial charge in [0.1, 0.15) is 17.9 Å². The molecule has 0 aliphatic carbocycles. The Bertz CT molecular complexity index is 2230. The van der Waals surface area contributed by atoms with Crippen LogP contribution in [0, 0.1) is 12.7 Å². The molecule has 288 valence electrons. The number of aryl methyl sites for hydroxylation is 2. The van der Waals surface area contributed by atoms with Gasteiger partial charge < -0.3 is 40.5 Å². The molecule has 2 atom stereocenters. The van der Waals surface area contributed by atoms with Crippen molar-refractivity contribution in [1.82, 2.24) is 40.7 Å². The van der Waals surface area contributed by atoms with Crippen molar-refractivity contribution in [3.63, 3.8) is 0 Å². The molecule has 0 saturated carbocycles. The number of ether oxygens (including phenoxy) is 1. The van der Waals surface area contributed by atoms with Gasteiger partial charge in [-0.15, -0.1) is 0 Å². The highest BCUT2D eigenvalue weighted by atomic mass is 19.1. The zero-order chi connectivity index (χ0) is 39.1. The number of aromatic nitrogens is 3. The smallest absolute Gasteiger partial charge is 0.254 e. The highest BCUT2D eigenvalue weighted by molar-refractivity contribution is 5.99. The van der Waals surface area contributed by atoms with Crippen LogP contribution in [0.15, 0.2) is 66.9 Å². The summed E-state index contributed by atoms with van der Waals surface area (Å²) in [6.45, 7) is 4.16. The van der Waals surface area contributed by atoms with E-state index in [9.17, 15) is 28.4 Å². The Morgan fingerprint density at radius 2 is 1.71 bits per heavy atom. The van der Waals surface area contributed by atoms with Crippen LogP contribution < -0.4 is 26.0 Å². The molecule has 2 aromatic heterocycles. The Kier molecular flexibility index (Phi) is 12.1. The van der Waals surface area contributed by atoms with Crippen molar-refractivity contribution in [2.75, 3.05) is 33.3 Å². The van der Waals surface area contributed by atoms with Crippen LogP contribution in [0.25, 0.3) is 21.9 Å². The van der Waals surface area contributed by atoms with Crippen LogP contribution in [0.1, 0.15) is 58.3 Å². The molecule has 2 bridgehead atoms. The number of para-hydroxylation sites is 1. The average Bonchev–Trinajstić information content (AvgIpc) is 3.74. The predicted octanol–water partition coefficient (Wildman–Crippen LogP) is 3.38. The predicted molar refractivity (Wildman–Crippen MR) is 204 cm³/mol. The van der Waals surface area contributed by atoms with E-state index in [1.807, 2.05) is 42.0 Å². The van der Waals surface area contributed by atoms with Gasteiger partial charge in [0.05, 0.1) is 24.7 Å². The number of amides is 5. The fourth-order valence-electron chi connectivity index (χ4n) is 6.82. The van der Waals surface area contributed by atoms with Crippen molar-refractivity contribution >= 4 is 51.5 Å². The highest BCUT2D eigenvalue weighted by Crippen LogP contribution is 2.22. The SMILES string of the molecule is CC[C@@H]1NC(=O)CN(C(=O)c2ccc(OC)c(F)c2)CCCNC(=O)c2ccc3nc(C)n(c3c2)CCCNC(=O)[C@@H](Cc2c[nH]c3ccccc23)NC1=O. The van der Waals surface area contributed by atoms with E-state index in [1.54, 1.807) is 25.1 Å². The Labute approximate surface area is 317 Å².